The van der Waals surface area contributed by atoms with Crippen LogP contribution >= 0.6 is 0 Å². The second kappa shape index (κ2) is 8.93. The van der Waals surface area contributed by atoms with Crippen molar-refractivity contribution in [1.82, 2.24) is 0 Å². The monoisotopic (exact) mass is 476 g/mol. The number of hydrogen-bond donors (Lipinski definition) is 6. The summed E-state index contributed by atoms with van der Waals surface area (Å²) >= 11 is 0. The van der Waals surface area contributed by atoms with Crippen LogP contribution in [-0.2, 0) is 9.53 Å². The van der Waals surface area contributed by atoms with Gasteiger partial charge in [-0.3, -0.25) is 4.79 Å². The van der Waals surface area contributed by atoms with Crippen molar-refractivity contribution < 1.29 is 54.1 Å². The van der Waals surface area contributed by atoms with Crippen LogP contribution in [0.15, 0.2) is 45.6 Å². The van der Waals surface area contributed by atoms with E-state index in [1.54, 1.807) is 0 Å². The smallest absolute Gasteiger partial charge is 0.343 e. The molecule has 1 aromatic heterocycles. The molecule has 5 atom stereocenters. The molecule has 12 nitrogen and oxygen atoms in total. The van der Waals surface area contributed by atoms with Crippen molar-refractivity contribution in [2.24, 2.45) is 0 Å². The van der Waals surface area contributed by atoms with Crippen molar-refractivity contribution in [2.75, 3.05) is 7.11 Å². The number of methoxy groups -OCH3 is 1. The van der Waals surface area contributed by atoms with Gasteiger partial charge in [-0.2, -0.15) is 0 Å². The molecule has 3 aromatic rings. The molecule has 6 N–H and O–H groups in total. The van der Waals surface area contributed by atoms with Gasteiger partial charge in [0, 0.05) is 23.8 Å². The van der Waals surface area contributed by atoms with Gasteiger partial charge in [-0.25, -0.2) is 4.79 Å². The lowest BCUT2D eigenvalue weighted by molar-refractivity contribution is -0.279. The average Bonchev–Trinajstić information content (AvgIpc) is 2.79. The van der Waals surface area contributed by atoms with E-state index in [1.807, 2.05) is 0 Å². The fraction of sp³-hybridized carbons (Fsp3) is 0.273. The van der Waals surface area contributed by atoms with Gasteiger partial charge in [-0.15, -0.1) is 0 Å². The zero-order valence-electron chi connectivity index (χ0n) is 17.5. The zero-order valence-corrected chi connectivity index (χ0v) is 17.5. The van der Waals surface area contributed by atoms with Gasteiger partial charge in [0.1, 0.15) is 46.5 Å². The minimum Gasteiger partial charge on any atom is -0.507 e. The Morgan fingerprint density at radius 3 is 2.38 bits per heavy atom. The number of aliphatic hydroxyl groups is 4. The molecule has 180 valence electrons. The largest absolute Gasteiger partial charge is 0.507 e. The Hall–Kier alpha value is -3.68. The van der Waals surface area contributed by atoms with Gasteiger partial charge in [-0.05, 0) is 18.2 Å². The quantitative estimate of drug-likeness (QED) is 0.211. The van der Waals surface area contributed by atoms with Crippen LogP contribution in [-0.4, -0.2) is 74.4 Å². The normalized spacial score (nSPS) is 24.7. The number of carbonyl (C=O) groups excluding carboxylic acids is 1. The summed E-state index contributed by atoms with van der Waals surface area (Å²) < 4.78 is 20.6. The highest BCUT2D eigenvalue weighted by molar-refractivity contribution is 5.87. The molecule has 0 spiro atoms. The van der Waals surface area contributed by atoms with Crippen molar-refractivity contribution in [1.29, 1.82) is 0 Å². The van der Waals surface area contributed by atoms with Gasteiger partial charge in [0.25, 0.3) is 0 Å². The van der Waals surface area contributed by atoms with Crippen molar-refractivity contribution >= 4 is 16.9 Å². The van der Waals surface area contributed by atoms with E-state index < -0.39 is 47.9 Å². The molecule has 0 aliphatic carbocycles. The van der Waals surface area contributed by atoms with Crippen LogP contribution in [0.3, 0.4) is 0 Å². The highest BCUT2D eigenvalue weighted by Crippen LogP contribution is 2.35. The Morgan fingerprint density at radius 1 is 0.941 bits per heavy atom. The number of phenols is 2. The Kier molecular flexibility index (Phi) is 6.17. The van der Waals surface area contributed by atoms with Gasteiger partial charge in [0.2, 0.25) is 0 Å². The third kappa shape index (κ3) is 4.16. The molecule has 0 saturated carbocycles. The lowest BCUT2D eigenvalue weighted by Crippen LogP contribution is -2.60. The SMILES string of the molecule is COc1cc(-c2cc(=O)c3c(O)cc(OC(=O)C4OC(O)C(O)C(O)C4O)cc3o2)ccc1O. The number of rotatable bonds is 4. The first-order valence-corrected chi connectivity index (χ1v) is 9.88. The molecule has 1 fully saturated rings. The minimum atomic E-state index is -1.95. The Morgan fingerprint density at radius 2 is 1.68 bits per heavy atom. The fourth-order valence-electron chi connectivity index (χ4n) is 3.51. The second-order valence-electron chi connectivity index (χ2n) is 7.52. The Bertz CT molecular complexity index is 1300. The van der Waals surface area contributed by atoms with Gasteiger partial charge in [0.05, 0.1) is 7.11 Å². The van der Waals surface area contributed by atoms with E-state index in [9.17, 15) is 40.2 Å². The Labute approximate surface area is 190 Å². The van der Waals surface area contributed by atoms with Gasteiger partial charge >= 0.3 is 5.97 Å². The molecule has 0 radical (unpaired) electrons. The molecule has 5 unspecified atom stereocenters. The summed E-state index contributed by atoms with van der Waals surface area (Å²) in [4.78, 5) is 25.1. The summed E-state index contributed by atoms with van der Waals surface area (Å²) in [6.07, 6.45) is -9.43. The highest BCUT2D eigenvalue weighted by atomic mass is 16.7. The first-order chi connectivity index (χ1) is 16.1. The first kappa shape index (κ1) is 23.5. The van der Waals surface area contributed by atoms with Crippen LogP contribution in [0, 0.1) is 0 Å². The molecule has 12 heteroatoms. The van der Waals surface area contributed by atoms with Gasteiger partial charge < -0.3 is 49.3 Å². The van der Waals surface area contributed by atoms with Crippen molar-refractivity contribution in [3.63, 3.8) is 0 Å². The second-order valence-corrected chi connectivity index (χ2v) is 7.52. The average molecular weight is 476 g/mol. The molecule has 34 heavy (non-hydrogen) atoms. The molecular formula is C22H20O12. The number of fused-ring (bicyclic) bond motifs is 1. The van der Waals surface area contributed by atoms with E-state index in [0.717, 1.165) is 18.2 Å². The van der Waals surface area contributed by atoms with Gasteiger partial charge in [-0.1, -0.05) is 0 Å². The highest BCUT2D eigenvalue weighted by Gasteiger charge is 2.47. The summed E-state index contributed by atoms with van der Waals surface area (Å²) in [6.45, 7) is 0. The van der Waals surface area contributed by atoms with E-state index in [4.69, 9.17) is 18.6 Å². The maximum absolute atomic E-state index is 12.6. The summed E-state index contributed by atoms with van der Waals surface area (Å²) in [6, 6.07) is 7.45. The third-order valence-electron chi connectivity index (χ3n) is 5.29. The molecule has 2 aromatic carbocycles. The number of phenolic OH excluding ortho intramolecular Hbond substituents is 2. The maximum Gasteiger partial charge on any atom is 0.343 e. The molecule has 0 bridgehead atoms. The predicted octanol–water partition coefficient (Wildman–Crippen LogP) is -0.415. The standard InChI is InChI=1S/C22H20O12/c1-31-14-4-8(2-3-10(14)23)13-7-12(25)16-11(24)5-9(6-15(16)33-13)32-22(30)20-18(27)17(26)19(28)21(29)34-20/h2-7,17-21,23-24,26-29H,1H3. The maximum atomic E-state index is 12.6. The van der Waals surface area contributed by atoms with Crippen molar-refractivity contribution in [2.45, 2.75) is 30.7 Å². The van der Waals surface area contributed by atoms with Crippen LogP contribution in [0.2, 0.25) is 0 Å². The van der Waals surface area contributed by atoms with E-state index in [0.29, 0.717) is 5.56 Å². The van der Waals surface area contributed by atoms with Crippen molar-refractivity contribution in [3.8, 4) is 34.3 Å². The van der Waals surface area contributed by atoms with Crippen LogP contribution in [0.5, 0.6) is 23.0 Å². The lowest BCUT2D eigenvalue weighted by Gasteiger charge is -2.36. The summed E-state index contributed by atoms with van der Waals surface area (Å²) in [5.74, 6) is -2.06. The van der Waals surface area contributed by atoms with Crippen LogP contribution < -0.4 is 14.9 Å². The van der Waals surface area contributed by atoms with E-state index in [1.165, 1.54) is 25.3 Å². The molecule has 1 saturated heterocycles. The van der Waals surface area contributed by atoms with Gasteiger partial charge in [0.15, 0.2) is 29.3 Å². The summed E-state index contributed by atoms with van der Waals surface area (Å²) in [7, 11) is 1.35. The molecular weight excluding hydrogens is 456 g/mol. The molecule has 0 amide bonds. The number of carbonyl (C=O) groups is 1. The number of aromatic hydroxyl groups is 2. The molecule has 1 aliphatic heterocycles. The summed E-state index contributed by atoms with van der Waals surface area (Å²) in [5.41, 5.74) is -0.390. The number of hydrogen-bond acceptors (Lipinski definition) is 12. The van der Waals surface area contributed by atoms with Crippen LogP contribution in [0.1, 0.15) is 0 Å². The van der Waals surface area contributed by atoms with E-state index in [2.05, 4.69) is 0 Å². The Balaban J connectivity index is 1.69. The van der Waals surface area contributed by atoms with E-state index >= 15 is 0 Å². The molecule has 1 aliphatic rings. The number of aliphatic hydroxyl groups excluding tert-OH is 4. The number of esters is 1. The zero-order chi connectivity index (χ0) is 24.7. The van der Waals surface area contributed by atoms with Crippen molar-refractivity contribution in [3.05, 3.63) is 46.6 Å². The van der Waals surface area contributed by atoms with Crippen LogP contribution in [0.4, 0.5) is 0 Å². The number of benzene rings is 2. The third-order valence-corrected chi connectivity index (χ3v) is 5.29. The summed E-state index contributed by atoms with van der Waals surface area (Å²) in [5, 5.41) is 58.7. The lowest BCUT2D eigenvalue weighted by atomic mass is 9.99. The van der Waals surface area contributed by atoms with E-state index in [-0.39, 0.29) is 34.0 Å². The topological polar surface area (TPSA) is 196 Å². The van der Waals surface area contributed by atoms with Crippen LogP contribution in [0.25, 0.3) is 22.3 Å². The number of ether oxygens (including phenoxy) is 3. The first-order valence-electron chi connectivity index (χ1n) is 9.88. The molecule has 4 rings (SSSR count). The fourth-order valence-corrected chi connectivity index (χ4v) is 3.51. The minimum absolute atomic E-state index is 0.0601. The predicted molar refractivity (Wildman–Crippen MR) is 112 cm³/mol. The molecule has 2 heterocycles.